The third kappa shape index (κ3) is 2.92. The van der Waals surface area contributed by atoms with Gasteiger partial charge in [-0.15, -0.1) is 0 Å². The fourth-order valence-corrected chi connectivity index (χ4v) is 1.91. The van der Waals surface area contributed by atoms with Gasteiger partial charge in [0.1, 0.15) is 0 Å². The number of carbonyl (C=O) groups excluding carboxylic acids is 1. The van der Waals surface area contributed by atoms with Gasteiger partial charge in [0.05, 0.1) is 18.8 Å². The minimum absolute atomic E-state index is 0.0207. The second-order valence-corrected chi connectivity index (χ2v) is 4.83. The first-order valence-corrected chi connectivity index (χ1v) is 5.58. The minimum atomic E-state index is -0.182. The molecule has 1 atom stereocenters. The molecule has 1 amide bonds. The van der Waals surface area contributed by atoms with Crippen molar-refractivity contribution < 1.29 is 9.53 Å². The molecular weight excluding hydrogens is 192 g/mol. The lowest BCUT2D eigenvalue weighted by atomic mass is 9.98. The number of morpholine rings is 1. The van der Waals surface area contributed by atoms with Crippen molar-refractivity contribution in [1.82, 2.24) is 4.90 Å². The van der Waals surface area contributed by atoms with Gasteiger partial charge >= 0.3 is 0 Å². The molecule has 1 unspecified atom stereocenters. The average molecular weight is 214 g/mol. The molecule has 1 saturated heterocycles. The molecule has 88 valence electrons. The van der Waals surface area contributed by atoms with Crippen molar-refractivity contribution in [2.24, 2.45) is 11.7 Å². The Kier molecular flexibility index (Phi) is 4.11. The molecule has 0 aromatic heterocycles. The Hall–Kier alpha value is -0.610. The largest absolute Gasteiger partial charge is 0.377 e. The van der Waals surface area contributed by atoms with Crippen LogP contribution in [0.1, 0.15) is 27.2 Å². The highest BCUT2D eigenvalue weighted by Crippen LogP contribution is 2.22. The zero-order valence-corrected chi connectivity index (χ0v) is 9.95. The number of carbonyl (C=O) groups is 1. The van der Waals surface area contributed by atoms with Crippen molar-refractivity contribution in [2.45, 2.75) is 32.7 Å². The van der Waals surface area contributed by atoms with Gasteiger partial charge in [0.25, 0.3) is 0 Å². The van der Waals surface area contributed by atoms with Crippen LogP contribution in [-0.2, 0) is 9.53 Å². The van der Waals surface area contributed by atoms with Crippen LogP contribution in [0.4, 0.5) is 0 Å². The molecule has 0 radical (unpaired) electrons. The summed E-state index contributed by atoms with van der Waals surface area (Å²) in [6.45, 7) is 8.55. The van der Waals surface area contributed by atoms with Gasteiger partial charge in [0.2, 0.25) is 5.91 Å². The number of nitrogens with zero attached hydrogens (tertiary/aromatic N) is 1. The van der Waals surface area contributed by atoms with E-state index in [1.807, 2.05) is 25.7 Å². The van der Waals surface area contributed by atoms with E-state index >= 15 is 0 Å². The highest BCUT2D eigenvalue weighted by Gasteiger charge is 2.35. The van der Waals surface area contributed by atoms with E-state index in [9.17, 15) is 4.79 Å². The SMILES string of the molecule is CC(CCN)C(=O)N1CCOCC1(C)C. The van der Waals surface area contributed by atoms with Crippen molar-refractivity contribution >= 4 is 5.91 Å². The lowest BCUT2D eigenvalue weighted by Crippen LogP contribution is -2.56. The first kappa shape index (κ1) is 12.5. The van der Waals surface area contributed by atoms with E-state index in [2.05, 4.69) is 0 Å². The zero-order chi connectivity index (χ0) is 11.5. The molecule has 1 heterocycles. The highest BCUT2D eigenvalue weighted by atomic mass is 16.5. The van der Waals surface area contributed by atoms with Crippen LogP contribution in [0.2, 0.25) is 0 Å². The van der Waals surface area contributed by atoms with Crippen LogP contribution < -0.4 is 5.73 Å². The quantitative estimate of drug-likeness (QED) is 0.749. The number of rotatable bonds is 3. The topological polar surface area (TPSA) is 55.6 Å². The Labute approximate surface area is 91.8 Å². The van der Waals surface area contributed by atoms with Gasteiger partial charge in [-0.25, -0.2) is 0 Å². The molecule has 1 fully saturated rings. The standard InChI is InChI=1S/C11H22N2O2/c1-9(4-5-12)10(14)13-6-7-15-8-11(13,2)3/h9H,4-8,12H2,1-3H3. The number of ether oxygens (including phenoxy) is 1. The minimum Gasteiger partial charge on any atom is -0.377 e. The van der Waals surface area contributed by atoms with Crippen molar-refractivity contribution in [3.8, 4) is 0 Å². The Bertz CT molecular complexity index is 229. The molecule has 4 nitrogen and oxygen atoms in total. The molecule has 1 aliphatic rings. The predicted molar refractivity (Wildman–Crippen MR) is 59.4 cm³/mol. The molecule has 4 heteroatoms. The average Bonchev–Trinajstić information content (AvgIpc) is 2.16. The van der Waals surface area contributed by atoms with Crippen LogP contribution in [-0.4, -0.2) is 42.6 Å². The van der Waals surface area contributed by atoms with E-state index in [1.54, 1.807) is 0 Å². The van der Waals surface area contributed by atoms with E-state index < -0.39 is 0 Å². The molecule has 0 bridgehead atoms. The summed E-state index contributed by atoms with van der Waals surface area (Å²) in [5, 5.41) is 0. The van der Waals surface area contributed by atoms with Crippen LogP contribution in [0, 0.1) is 5.92 Å². The molecule has 0 aromatic carbocycles. The smallest absolute Gasteiger partial charge is 0.226 e. The van der Waals surface area contributed by atoms with Crippen LogP contribution in [0.15, 0.2) is 0 Å². The lowest BCUT2D eigenvalue weighted by Gasteiger charge is -2.43. The van der Waals surface area contributed by atoms with E-state index in [4.69, 9.17) is 10.5 Å². The van der Waals surface area contributed by atoms with Crippen LogP contribution >= 0.6 is 0 Å². The highest BCUT2D eigenvalue weighted by molar-refractivity contribution is 5.79. The second-order valence-electron chi connectivity index (χ2n) is 4.83. The molecular formula is C11H22N2O2. The van der Waals surface area contributed by atoms with Crippen LogP contribution in [0.3, 0.4) is 0 Å². The van der Waals surface area contributed by atoms with E-state index in [-0.39, 0.29) is 17.4 Å². The Morgan fingerprint density at radius 1 is 1.60 bits per heavy atom. The van der Waals surface area contributed by atoms with Gasteiger partial charge in [-0.1, -0.05) is 6.92 Å². The van der Waals surface area contributed by atoms with Crippen molar-refractivity contribution in [2.75, 3.05) is 26.3 Å². The third-order valence-electron chi connectivity index (χ3n) is 2.93. The van der Waals surface area contributed by atoms with Gasteiger partial charge < -0.3 is 15.4 Å². The first-order chi connectivity index (χ1) is 6.99. The zero-order valence-electron chi connectivity index (χ0n) is 9.95. The van der Waals surface area contributed by atoms with E-state index in [0.717, 1.165) is 6.42 Å². The van der Waals surface area contributed by atoms with Gasteiger partial charge in [-0.2, -0.15) is 0 Å². The number of nitrogens with two attached hydrogens (primary N) is 1. The summed E-state index contributed by atoms with van der Waals surface area (Å²) in [4.78, 5) is 14.0. The van der Waals surface area contributed by atoms with Crippen LogP contribution in [0.5, 0.6) is 0 Å². The maximum atomic E-state index is 12.1. The molecule has 1 aliphatic heterocycles. The van der Waals surface area contributed by atoms with Gasteiger partial charge in [-0.05, 0) is 26.8 Å². The summed E-state index contributed by atoms with van der Waals surface area (Å²) in [6, 6.07) is 0. The first-order valence-electron chi connectivity index (χ1n) is 5.58. The second kappa shape index (κ2) is 4.94. The molecule has 15 heavy (non-hydrogen) atoms. The normalized spacial score (nSPS) is 22.5. The molecule has 0 saturated carbocycles. The predicted octanol–water partition coefficient (Wildman–Crippen LogP) is 0.609. The Morgan fingerprint density at radius 2 is 2.27 bits per heavy atom. The molecule has 0 aromatic rings. The van der Waals surface area contributed by atoms with Crippen molar-refractivity contribution in [1.29, 1.82) is 0 Å². The van der Waals surface area contributed by atoms with E-state index in [0.29, 0.717) is 26.3 Å². The fraction of sp³-hybridized carbons (Fsp3) is 0.909. The van der Waals surface area contributed by atoms with Gasteiger partial charge in [-0.3, -0.25) is 4.79 Å². The van der Waals surface area contributed by atoms with E-state index in [1.165, 1.54) is 0 Å². The molecule has 0 aliphatic carbocycles. The van der Waals surface area contributed by atoms with Gasteiger partial charge in [0, 0.05) is 12.5 Å². The Morgan fingerprint density at radius 3 is 2.80 bits per heavy atom. The summed E-state index contributed by atoms with van der Waals surface area (Å²) < 4.78 is 5.39. The summed E-state index contributed by atoms with van der Waals surface area (Å²) >= 11 is 0. The number of amides is 1. The summed E-state index contributed by atoms with van der Waals surface area (Å²) in [5.41, 5.74) is 5.29. The molecule has 0 spiro atoms. The summed E-state index contributed by atoms with van der Waals surface area (Å²) in [7, 11) is 0. The van der Waals surface area contributed by atoms with Gasteiger partial charge in [0.15, 0.2) is 0 Å². The van der Waals surface area contributed by atoms with Crippen LogP contribution in [0.25, 0.3) is 0 Å². The fourth-order valence-electron chi connectivity index (χ4n) is 1.91. The van der Waals surface area contributed by atoms with Crippen molar-refractivity contribution in [3.63, 3.8) is 0 Å². The maximum absolute atomic E-state index is 12.1. The lowest BCUT2D eigenvalue weighted by molar-refractivity contribution is -0.150. The third-order valence-corrected chi connectivity index (χ3v) is 2.93. The summed E-state index contributed by atoms with van der Waals surface area (Å²) in [5.74, 6) is 0.223. The molecule has 1 rings (SSSR count). The summed E-state index contributed by atoms with van der Waals surface area (Å²) in [6.07, 6.45) is 0.756. The van der Waals surface area contributed by atoms with Crippen molar-refractivity contribution in [3.05, 3.63) is 0 Å². The number of hydrogen-bond donors (Lipinski definition) is 1. The maximum Gasteiger partial charge on any atom is 0.226 e. The Balaban J connectivity index is 2.64. The molecule has 2 N–H and O–H groups in total. The number of hydrogen-bond acceptors (Lipinski definition) is 3. The monoisotopic (exact) mass is 214 g/mol.